The lowest BCUT2D eigenvalue weighted by Crippen LogP contribution is -2.46. The van der Waals surface area contributed by atoms with Crippen molar-refractivity contribution < 1.29 is 39.4 Å². The molecule has 2 aromatic carbocycles. The number of anilines is 1. The number of aliphatic carboxylic acids is 1. The van der Waals surface area contributed by atoms with E-state index in [2.05, 4.69) is 19.9 Å². The number of methoxy groups -OCH3 is 1. The molecule has 7 rings (SSSR count). The SMILES string of the molecule is COc1cccc(CO)c1-c1ccc(C[C@](OC2[C@H]3O[C@@H](n4cnc5c(N)nc(Cl)nc54)[C@H](O)[C@@]23O)(C(=O)O)c2cscn2)cc1. The number of hydrogen-bond donors (Lipinski definition) is 5. The van der Waals surface area contributed by atoms with Gasteiger partial charge in [-0.15, -0.1) is 11.3 Å². The van der Waals surface area contributed by atoms with Crippen LogP contribution in [-0.2, 0) is 32.9 Å². The fraction of sp³-hybridized carbons (Fsp3) is 0.300. The van der Waals surface area contributed by atoms with Gasteiger partial charge >= 0.3 is 5.97 Å². The summed E-state index contributed by atoms with van der Waals surface area (Å²) in [5.41, 5.74) is 6.69. The molecule has 0 amide bonds. The topological polar surface area (TPSA) is 208 Å². The van der Waals surface area contributed by atoms with Gasteiger partial charge in [-0.05, 0) is 34.4 Å². The minimum atomic E-state index is -2.04. The number of aromatic nitrogens is 5. The van der Waals surface area contributed by atoms with Crippen LogP contribution in [0.2, 0.25) is 5.28 Å². The summed E-state index contributed by atoms with van der Waals surface area (Å²) >= 11 is 7.17. The number of nitrogens with zero attached hydrogens (tertiary/aromatic N) is 5. The Morgan fingerprint density at radius 2 is 2.00 bits per heavy atom. The quantitative estimate of drug-likeness (QED) is 0.136. The van der Waals surface area contributed by atoms with Crippen molar-refractivity contribution >= 4 is 45.9 Å². The number of carboxylic acids is 1. The standard InChI is InChI=1S/C30H27ClN6O8S/c1-43-17-4-2-3-16(10-38)19(17)15-7-5-14(6-8-15)9-29(27(40)41,18-11-46-13-34-18)45-23-22-30(23,42)21(39)26(44-22)37-12-33-20-24(32)35-28(31)36-25(20)37/h2-8,11-13,21-23,26,38-39,42H,9-10H2,1H3,(H,40,41)(H2,32,35,36)/t21-,22+,23?,26+,29+,30-/m0/s1. The highest BCUT2D eigenvalue weighted by Crippen LogP contribution is 2.57. The Morgan fingerprint density at radius 1 is 1.22 bits per heavy atom. The number of aliphatic hydroxyl groups is 3. The normalized spacial score (nSPS) is 24.9. The second kappa shape index (κ2) is 11.2. The zero-order chi connectivity index (χ0) is 32.4. The van der Waals surface area contributed by atoms with Crippen LogP contribution in [0, 0.1) is 0 Å². The van der Waals surface area contributed by atoms with E-state index >= 15 is 0 Å². The molecular weight excluding hydrogens is 640 g/mol. The van der Waals surface area contributed by atoms with Gasteiger partial charge in [-0.3, -0.25) is 4.57 Å². The number of halogens is 1. The van der Waals surface area contributed by atoms with Crippen LogP contribution in [0.15, 0.2) is 59.7 Å². The Morgan fingerprint density at radius 3 is 2.63 bits per heavy atom. The van der Waals surface area contributed by atoms with Crippen LogP contribution in [0.5, 0.6) is 5.75 Å². The molecule has 16 heteroatoms. The average molecular weight is 667 g/mol. The lowest BCUT2D eigenvalue weighted by molar-refractivity contribution is -0.186. The number of aliphatic hydroxyl groups excluding tert-OH is 2. The van der Waals surface area contributed by atoms with Gasteiger partial charge in [0.1, 0.15) is 29.6 Å². The first kappa shape index (κ1) is 30.4. The van der Waals surface area contributed by atoms with E-state index < -0.39 is 41.7 Å². The van der Waals surface area contributed by atoms with Crippen LogP contribution >= 0.6 is 22.9 Å². The molecule has 2 fully saturated rings. The van der Waals surface area contributed by atoms with Crippen LogP contribution in [0.4, 0.5) is 5.82 Å². The number of nitrogens with two attached hydrogens (primary N) is 1. The third-order valence-electron chi connectivity index (χ3n) is 8.52. The Bertz CT molecular complexity index is 1920. The summed E-state index contributed by atoms with van der Waals surface area (Å²) in [5.74, 6) is -0.722. The second-order valence-corrected chi connectivity index (χ2v) is 12.1. The third-order valence-corrected chi connectivity index (χ3v) is 9.28. The summed E-state index contributed by atoms with van der Waals surface area (Å²) in [4.78, 5) is 29.5. The van der Waals surface area contributed by atoms with Crippen LogP contribution in [0.25, 0.3) is 22.3 Å². The Balaban J connectivity index is 1.18. The Labute approximate surface area is 269 Å². The van der Waals surface area contributed by atoms with Gasteiger partial charge in [-0.25, -0.2) is 14.8 Å². The molecule has 46 heavy (non-hydrogen) atoms. The molecule has 0 radical (unpaired) electrons. The first-order chi connectivity index (χ1) is 22.1. The largest absolute Gasteiger partial charge is 0.496 e. The summed E-state index contributed by atoms with van der Waals surface area (Å²) in [6.07, 6.45) is -3.83. The maximum Gasteiger partial charge on any atom is 0.342 e. The van der Waals surface area contributed by atoms with Crippen LogP contribution in [-0.4, -0.2) is 81.9 Å². The summed E-state index contributed by atoms with van der Waals surface area (Å²) in [7, 11) is 1.54. The molecule has 1 aliphatic carbocycles. The zero-order valence-corrected chi connectivity index (χ0v) is 25.6. The van der Waals surface area contributed by atoms with Crippen molar-refractivity contribution in [3.05, 3.63) is 81.8 Å². The molecule has 0 spiro atoms. The first-order valence-corrected chi connectivity index (χ1v) is 15.3. The molecule has 1 saturated carbocycles. The summed E-state index contributed by atoms with van der Waals surface area (Å²) < 4.78 is 19.1. The summed E-state index contributed by atoms with van der Waals surface area (Å²) in [6, 6.07) is 12.5. The van der Waals surface area contributed by atoms with E-state index in [4.69, 9.17) is 31.5 Å². The van der Waals surface area contributed by atoms with E-state index in [0.29, 0.717) is 16.9 Å². The van der Waals surface area contributed by atoms with Gasteiger partial charge in [0.15, 0.2) is 23.3 Å². The molecule has 5 aromatic rings. The van der Waals surface area contributed by atoms with E-state index in [1.807, 2.05) is 0 Å². The molecule has 0 bridgehead atoms. The van der Waals surface area contributed by atoms with E-state index in [0.717, 1.165) is 11.1 Å². The molecule has 1 saturated heterocycles. The lowest BCUT2D eigenvalue weighted by atomic mass is 9.90. The molecule has 1 aliphatic heterocycles. The van der Waals surface area contributed by atoms with Gasteiger partial charge in [-0.1, -0.05) is 36.4 Å². The Kier molecular flexibility index (Phi) is 7.43. The number of rotatable bonds is 10. The molecule has 14 nitrogen and oxygen atoms in total. The first-order valence-electron chi connectivity index (χ1n) is 14.0. The molecule has 4 heterocycles. The Hall–Kier alpha value is -4.22. The number of thiazole rings is 1. The van der Waals surface area contributed by atoms with E-state index in [1.54, 1.807) is 55.0 Å². The zero-order valence-electron chi connectivity index (χ0n) is 24.0. The van der Waals surface area contributed by atoms with Crippen molar-refractivity contribution in [2.75, 3.05) is 12.8 Å². The number of ether oxygens (including phenoxy) is 3. The number of carbonyl (C=O) groups is 1. The summed E-state index contributed by atoms with van der Waals surface area (Å²) in [6.45, 7) is -0.194. The van der Waals surface area contributed by atoms with Gasteiger partial charge in [0, 0.05) is 17.4 Å². The van der Waals surface area contributed by atoms with E-state index in [9.17, 15) is 25.2 Å². The molecule has 2 aliphatic rings. The highest BCUT2D eigenvalue weighted by atomic mass is 35.5. The molecule has 6 N–H and O–H groups in total. The number of fused-ring (bicyclic) bond motifs is 2. The third kappa shape index (κ3) is 4.62. The van der Waals surface area contributed by atoms with Gasteiger partial charge in [0.25, 0.3) is 0 Å². The molecule has 6 atom stereocenters. The average Bonchev–Trinajstić information content (AvgIpc) is 3.55. The predicted molar refractivity (Wildman–Crippen MR) is 164 cm³/mol. The minimum Gasteiger partial charge on any atom is -0.496 e. The molecule has 3 aromatic heterocycles. The van der Waals surface area contributed by atoms with Crippen molar-refractivity contribution in [2.45, 2.75) is 48.8 Å². The molecule has 238 valence electrons. The van der Waals surface area contributed by atoms with Crippen molar-refractivity contribution in [3.8, 4) is 16.9 Å². The molecule has 1 unspecified atom stereocenters. The van der Waals surface area contributed by atoms with Gasteiger partial charge in [0.2, 0.25) is 10.9 Å². The van der Waals surface area contributed by atoms with Crippen LogP contribution in [0.3, 0.4) is 0 Å². The second-order valence-electron chi connectivity index (χ2n) is 11.1. The number of imidazole rings is 1. The van der Waals surface area contributed by atoms with Crippen molar-refractivity contribution in [1.29, 1.82) is 0 Å². The lowest BCUT2D eigenvalue weighted by Gasteiger charge is -2.31. The van der Waals surface area contributed by atoms with E-state index in [1.165, 1.54) is 27.7 Å². The number of nitrogen functional groups attached to an aromatic ring is 1. The van der Waals surface area contributed by atoms with Crippen molar-refractivity contribution in [1.82, 2.24) is 24.5 Å². The van der Waals surface area contributed by atoms with Crippen molar-refractivity contribution in [2.24, 2.45) is 0 Å². The maximum atomic E-state index is 13.1. The van der Waals surface area contributed by atoms with Crippen molar-refractivity contribution in [3.63, 3.8) is 0 Å². The summed E-state index contributed by atoms with van der Waals surface area (Å²) in [5, 5.41) is 44.8. The monoisotopic (exact) mass is 666 g/mol. The highest BCUT2D eigenvalue weighted by Gasteiger charge is 2.79. The highest BCUT2D eigenvalue weighted by molar-refractivity contribution is 7.07. The predicted octanol–water partition coefficient (Wildman–Crippen LogP) is 2.30. The number of hydrogen-bond acceptors (Lipinski definition) is 13. The van der Waals surface area contributed by atoms with E-state index in [-0.39, 0.29) is 41.0 Å². The fourth-order valence-corrected chi connectivity index (χ4v) is 6.90. The number of benzene rings is 2. The van der Waals surface area contributed by atoms with Gasteiger partial charge in [0.05, 0.1) is 31.2 Å². The smallest absolute Gasteiger partial charge is 0.342 e. The van der Waals surface area contributed by atoms with Crippen LogP contribution < -0.4 is 10.5 Å². The van der Waals surface area contributed by atoms with Gasteiger partial charge < -0.3 is 40.4 Å². The maximum absolute atomic E-state index is 13.1. The van der Waals surface area contributed by atoms with Crippen LogP contribution in [0.1, 0.15) is 23.0 Å². The fourth-order valence-electron chi connectivity index (χ4n) is 6.11. The number of carboxylic acid groups (broad SMARTS) is 1. The van der Waals surface area contributed by atoms with Gasteiger partial charge in [-0.2, -0.15) is 9.97 Å². The molecular formula is C30H27ClN6O8S. The minimum absolute atomic E-state index is 0.0330.